The van der Waals surface area contributed by atoms with Crippen molar-refractivity contribution in [1.82, 2.24) is 0 Å². The molecular formula is C29H41NO5S. The molecule has 1 amide bonds. The van der Waals surface area contributed by atoms with Crippen LogP contribution in [0.4, 0.5) is 5.69 Å². The molecule has 0 aromatic carbocycles. The van der Waals surface area contributed by atoms with Crippen molar-refractivity contribution in [2.24, 2.45) is 17.3 Å². The summed E-state index contributed by atoms with van der Waals surface area (Å²) in [5.74, 6) is 6.91. The van der Waals surface area contributed by atoms with Crippen LogP contribution in [-0.2, 0) is 19.0 Å². The van der Waals surface area contributed by atoms with Crippen molar-refractivity contribution in [1.29, 1.82) is 0 Å². The van der Waals surface area contributed by atoms with Crippen LogP contribution in [0.25, 0.3) is 0 Å². The van der Waals surface area contributed by atoms with Gasteiger partial charge in [0.25, 0.3) is 0 Å². The van der Waals surface area contributed by atoms with E-state index in [0.717, 1.165) is 56.2 Å². The van der Waals surface area contributed by atoms with Gasteiger partial charge in [0.2, 0.25) is 5.91 Å². The van der Waals surface area contributed by atoms with Crippen molar-refractivity contribution >= 4 is 28.9 Å². The summed E-state index contributed by atoms with van der Waals surface area (Å²) >= 11 is 1.33. The summed E-state index contributed by atoms with van der Waals surface area (Å²) in [5, 5.41) is 0. The van der Waals surface area contributed by atoms with Crippen molar-refractivity contribution < 1.29 is 23.8 Å². The van der Waals surface area contributed by atoms with E-state index in [-0.39, 0.29) is 35.5 Å². The van der Waals surface area contributed by atoms with Gasteiger partial charge in [0.05, 0.1) is 37.0 Å². The Morgan fingerprint density at radius 2 is 1.69 bits per heavy atom. The third kappa shape index (κ3) is 6.70. The largest absolute Gasteiger partial charge is 0.465 e. The van der Waals surface area contributed by atoms with Crippen molar-refractivity contribution in [3.63, 3.8) is 0 Å². The molecule has 0 atom stereocenters. The molecule has 0 radical (unpaired) electrons. The van der Waals surface area contributed by atoms with Crippen LogP contribution in [0.2, 0.25) is 0 Å². The summed E-state index contributed by atoms with van der Waals surface area (Å²) in [6, 6.07) is 1.98. The lowest BCUT2D eigenvalue weighted by atomic mass is 9.81. The summed E-state index contributed by atoms with van der Waals surface area (Å²) in [5.41, 5.74) is 0.513. The summed E-state index contributed by atoms with van der Waals surface area (Å²) < 4.78 is 16.6. The molecule has 1 aromatic heterocycles. The monoisotopic (exact) mass is 515 g/mol. The second-order valence-electron chi connectivity index (χ2n) is 11.7. The Kier molecular flexibility index (Phi) is 8.80. The molecule has 3 fully saturated rings. The van der Waals surface area contributed by atoms with Gasteiger partial charge in [0, 0.05) is 17.4 Å². The minimum absolute atomic E-state index is 0.00296. The molecule has 0 bridgehead atoms. The number of carbonyl (C=O) groups excluding carboxylic acids is 2. The molecule has 2 heterocycles. The number of carbonyl (C=O) groups is 2. The summed E-state index contributed by atoms with van der Waals surface area (Å²) in [6.07, 6.45) is 7.89. The number of esters is 1. The first-order valence-corrected chi connectivity index (χ1v) is 14.3. The summed E-state index contributed by atoms with van der Waals surface area (Å²) in [6.45, 7) is 9.81. The van der Waals surface area contributed by atoms with Gasteiger partial charge in [-0.25, -0.2) is 4.79 Å². The van der Waals surface area contributed by atoms with Gasteiger partial charge in [-0.05, 0) is 84.1 Å². The smallest absolute Gasteiger partial charge is 0.350 e. The van der Waals surface area contributed by atoms with Crippen molar-refractivity contribution in [3.8, 4) is 11.8 Å². The first-order chi connectivity index (χ1) is 17.1. The SMILES string of the molecule is COC(=O)c1sc(C#CC(C)(C)C)cc1N(C(=O)C1CCC(C)CC1)C1CCC(OC2COC2)CC1. The predicted octanol–water partition coefficient (Wildman–Crippen LogP) is 5.82. The molecule has 0 spiro atoms. The van der Waals surface area contributed by atoms with Gasteiger partial charge in [-0.1, -0.05) is 18.8 Å². The molecule has 4 rings (SSSR count). The number of hydrogen-bond donors (Lipinski definition) is 0. The van der Waals surface area contributed by atoms with E-state index in [9.17, 15) is 9.59 Å². The first kappa shape index (κ1) is 27.2. The lowest BCUT2D eigenvalue weighted by Gasteiger charge is -2.40. The molecule has 2 saturated carbocycles. The van der Waals surface area contributed by atoms with Crippen LogP contribution in [0, 0.1) is 29.1 Å². The minimum atomic E-state index is -0.407. The molecule has 36 heavy (non-hydrogen) atoms. The van der Waals surface area contributed by atoms with Crippen LogP contribution in [0.1, 0.15) is 93.6 Å². The van der Waals surface area contributed by atoms with Gasteiger partial charge >= 0.3 is 5.97 Å². The summed E-state index contributed by atoms with van der Waals surface area (Å²) in [4.78, 5) is 30.2. The zero-order valence-corrected chi connectivity index (χ0v) is 23.2. The molecule has 198 valence electrons. The number of thiophene rings is 1. The van der Waals surface area contributed by atoms with E-state index in [0.29, 0.717) is 29.7 Å². The Morgan fingerprint density at radius 1 is 1.03 bits per heavy atom. The van der Waals surface area contributed by atoms with E-state index in [1.807, 2.05) is 11.0 Å². The number of methoxy groups -OCH3 is 1. The molecular weight excluding hydrogens is 474 g/mol. The Hall–Kier alpha value is -1.88. The predicted molar refractivity (Wildman–Crippen MR) is 142 cm³/mol. The van der Waals surface area contributed by atoms with Gasteiger partial charge in [0.1, 0.15) is 11.0 Å². The van der Waals surface area contributed by atoms with E-state index in [1.54, 1.807) is 0 Å². The van der Waals surface area contributed by atoms with Crippen molar-refractivity contribution in [3.05, 3.63) is 15.8 Å². The zero-order valence-electron chi connectivity index (χ0n) is 22.4. The fourth-order valence-electron chi connectivity index (χ4n) is 5.31. The highest BCUT2D eigenvalue weighted by Gasteiger charge is 2.38. The maximum Gasteiger partial charge on any atom is 0.350 e. The second kappa shape index (κ2) is 11.7. The van der Waals surface area contributed by atoms with Gasteiger partial charge in [-0.15, -0.1) is 11.3 Å². The van der Waals surface area contributed by atoms with Crippen LogP contribution in [-0.4, -0.2) is 50.4 Å². The number of ether oxygens (including phenoxy) is 3. The van der Waals surface area contributed by atoms with Crippen molar-refractivity contribution in [2.45, 2.75) is 97.3 Å². The lowest BCUT2D eigenvalue weighted by Crippen LogP contribution is -2.48. The fourth-order valence-corrected chi connectivity index (χ4v) is 6.23. The van der Waals surface area contributed by atoms with Gasteiger partial charge in [-0.3, -0.25) is 4.79 Å². The van der Waals surface area contributed by atoms with E-state index < -0.39 is 5.97 Å². The topological polar surface area (TPSA) is 65.1 Å². The maximum absolute atomic E-state index is 14.1. The average molecular weight is 516 g/mol. The molecule has 1 aliphatic heterocycles. The lowest BCUT2D eigenvalue weighted by molar-refractivity contribution is -0.160. The van der Waals surface area contributed by atoms with E-state index in [4.69, 9.17) is 14.2 Å². The van der Waals surface area contributed by atoms with Crippen LogP contribution in [0.5, 0.6) is 0 Å². The first-order valence-electron chi connectivity index (χ1n) is 13.5. The van der Waals surface area contributed by atoms with Crippen LogP contribution < -0.4 is 4.90 Å². The molecule has 0 N–H and O–H groups in total. The third-order valence-electron chi connectivity index (χ3n) is 7.51. The quantitative estimate of drug-likeness (QED) is 0.353. The zero-order chi connectivity index (χ0) is 25.9. The Bertz CT molecular complexity index is 980. The number of hydrogen-bond acceptors (Lipinski definition) is 6. The molecule has 3 aliphatic rings. The fraction of sp³-hybridized carbons (Fsp3) is 0.724. The molecule has 2 aliphatic carbocycles. The highest BCUT2D eigenvalue weighted by atomic mass is 32.1. The average Bonchev–Trinajstić information content (AvgIpc) is 3.24. The highest BCUT2D eigenvalue weighted by Crippen LogP contribution is 2.39. The summed E-state index contributed by atoms with van der Waals surface area (Å²) in [7, 11) is 1.40. The van der Waals surface area contributed by atoms with Crippen molar-refractivity contribution in [2.75, 3.05) is 25.2 Å². The van der Waals surface area contributed by atoms with Gasteiger partial charge in [-0.2, -0.15) is 0 Å². The molecule has 1 aromatic rings. The van der Waals surface area contributed by atoms with E-state index >= 15 is 0 Å². The van der Waals surface area contributed by atoms with E-state index in [2.05, 4.69) is 39.5 Å². The molecule has 7 heteroatoms. The van der Waals surface area contributed by atoms with Crippen LogP contribution >= 0.6 is 11.3 Å². The standard InChI is InChI=1S/C29H41NO5S/c1-19-6-8-20(9-7-19)27(31)30(21-10-12-22(13-11-21)35-23-17-34-18-23)25-16-24(14-15-29(2,3)4)36-26(25)28(32)33-5/h16,19-23H,6-13,17-18H2,1-5H3. The molecule has 0 unspecified atom stereocenters. The number of amides is 1. The number of nitrogens with zero attached hydrogens (tertiary/aromatic N) is 1. The molecule has 1 saturated heterocycles. The van der Waals surface area contributed by atoms with Gasteiger partial charge < -0.3 is 19.1 Å². The number of anilines is 1. The van der Waals surface area contributed by atoms with E-state index in [1.165, 1.54) is 18.4 Å². The third-order valence-corrected chi connectivity index (χ3v) is 8.53. The van der Waals surface area contributed by atoms with Crippen LogP contribution in [0.3, 0.4) is 0 Å². The Labute approximate surface area is 220 Å². The minimum Gasteiger partial charge on any atom is -0.465 e. The highest BCUT2D eigenvalue weighted by molar-refractivity contribution is 7.15. The second-order valence-corrected chi connectivity index (χ2v) is 12.8. The Morgan fingerprint density at radius 3 is 2.25 bits per heavy atom. The Balaban J connectivity index is 1.63. The normalized spacial score (nSPS) is 26.9. The van der Waals surface area contributed by atoms with Gasteiger partial charge in [0.15, 0.2) is 0 Å². The molecule has 6 nitrogen and oxygen atoms in total. The number of rotatable bonds is 6. The van der Waals surface area contributed by atoms with Crippen LogP contribution in [0.15, 0.2) is 6.07 Å². The maximum atomic E-state index is 14.1.